The van der Waals surface area contributed by atoms with E-state index < -0.39 is 5.97 Å². The van der Waals surface area contributed by atoms with Crippen LogP contribution in [0.5, 0.6) is 0 Å². The van der Waals surface area contributed by atoms with Crippen LogP contribution in [0.4, 0.5) is 11.6 Å². The molecule has 1 aromatic carbocycles. The molecule has 0 unspecified atom stereocenters. The highest BCUT2D eigenvalue weighted by atomic mass is 16.4. The quantitative estimate of drug-likeness (QED) is 0.765. The lowest BCUT2D eigenvalue weighted by atomic mass is 10.1. The molecule has 3 aromatic rings. The number of aromatic carboxylic acids is 1. The minimum atomic E-state index is -0.958. The predicted octanol–water partition coefficient (Wildman–Crippen LogP) is 3.03. The highest BCUT2D eigenvalue weighted by Gasteiger charge is 2.21. The highest BCUT2D eigenvalue weighted by Crippen LogP contribution is 2.31. The number of carboxylic acid groups (broad SMARTS) is 1. The zero-order valence-corrected chi connectivity index (χ0v) is 10.9. The van der Waals surface area contributed by atoms with E-state index in [2.05, 4.69) is 9.97 Å². The van der Waals surface area contributed by atoms with Crippen molar-refractivity contribution in [3.8, 4) is 0 Å². The monoisotopic (exact) mass is 267 g/mol. The molecule has 0 saturated carbocycles. The Labute approximate surface area is 115 Å². The number of nitrogens with one attached hydrogen (secondary N) is 1. The van der Waals surface area contributed by atoms with Gasteiger partial charge in [0, 0.05) is 24.1 Å². The Balaban J connectivity index is 2.21. The molecule has 2 heterocycles. The summed E-state index contributed by atoms with van der Waals surface area (Å²) >= 11 is 0. The maximum atomic E-state index is 11.6. The van der Waals surface area contributed by atoms with Crippen molar-refractivity contribution < 1.29 is 9.90 Å². The van der Waals surface area contributed by atoms with Crippen LogP contribution in [0.1, 0.15) is 10.4 Å². The highest BCUT2D eigenvalue weighted by molar-refractivity contribution is 6.09. The third-order valence-corrected chi connectivity index (χ3v) is 3.23. The first kappa shape index (κ1) is 12.2. The minimum absolute atomic E-state index is 0.258. The molecule has 5 nitrogen and oxygen atoms in total. The number of H-pyrrole nitrogens is 1. The molecule has 0 amide bonds. The summed E-state index contributed by atoms with van der Waals surface area (Å²) in [6.07, 6.45) is 1.68. The summed E-state index contributed by atoms with van der Waals surface area (Å²) in [4.78, 5) is 20.7. The van der Waals surface area contributed by atoms with Crippen molar-refractivity contribution in [1.82, 2.24) is 9.97 Å². The number of aromatic nitrogens is 2. The number of carbonyl (C=O) groups is 1. The van der Waals surface area contributed by atoms with Gasteiger partial charge < -0.3 is 15.0 Å². The lowest BCUT2D eigenvalue weighted by molar-refractivity contribution is 0.0700. The van der Waals surface area contributed by atoms with E-state index in [-0.39, 0.29) is 5.56 Å². The molecular weight excluding hydrogens is 254 g/mol. The van der Waals surface area contributed by atoms with Gasteiger partial charge in [0.1, 0.15) is 17.2 Å². The molecule has 3 rings (SSSR count). The summed E-state index contributed by atoms with van der Waals surface area (Å²) in [5.74, 6) is 0.249. The molecule has 100 valence electrons. The zero-order chi connectivity index (χ0) is 14.1. The number of benzene rings is 1. The van der Waals surface area contributed by atoms with Crippen LogP contribution in [-0.4, -0.2) is 28.1 Å². The number of fused-ring (bicyclic) bond motifs is 1. The van der Waals surface area contributed by atoms with E-state index in [0.29, 0.717) is 17.0 Å². The predicted molar refractivity (Wildman–Crippen MR) is 77.6 cm³/mol. The van der Waals surface area contributed by atoms with E-state index in [1.165, 1.54) is 0 Å². The Morgan fingerprint density at radius 2 is 1.95 bits per heavy atom. The first-order chi connectivity index (χ1) is 9.68. The Bertz CT molecular complexity index is 765. The lowest BCUT2D eigenvalue weighted by Crippen LogP contribution is -2.14. The van der Waals surface area contributed by atoms with Gasteiger partial charge in [0.25, 0.3) is 0 Å². The van der Waals surface area contributed by atoms with Crippen molar-refractivity contribution in [3.05, 3.63) is 54.2 Å². The fraction of sp³-hybridized carbons (Fsp3) is 0.0667. The van der Waals surface area contributed by atoms with Crippen LogP contribution >= 0.6 is 0 Å². The molecule has 0 aliphatic rings. The fourth-order valence-electron chi connectivity index (χ4n) is 2.26. The first-order valence-corrected chi connectivity index (χ1v) is 6.17. The van der Waals surface area contributed by atoms with Gasteiger partial charge in [-0.25, -0.2) is 9.78 Å². The van der Waals surface area contributed by atoms with Gasteiger partial charge >= 0.3 is 5.97 Å². The summed E-state index contributed by atoms with van der Waals surface area (Å²) in [6, 6.07) is 12.9. The number of rotatable bonds is 3. The first-order valence-electron chi connectivity index (χ1n) is 6.17. The van der Waals surface area contributed by atoms with Crippen molar-refractivity contribution in [3.63, 3.8) is 0 Å². The molecule has 2 N–H and O–H groups in total. The maximum Gasteiger partial charge on any atom is 0.340 e. The molecular formula is C15H13N3O2. The van der Waals surface area contributed by atoms with Crippen LogP contribution in [0.3, 0.4) is 0 Å². The number of anilines is 2. The molecule has 0 aliphatic heterocycles. The number of carboxylic acids is 1. The largest absolute Gasteiger partial charge is 0.478 e. The standard InChI is InChI=1S/C15H13N3O2/c1-18(12-8-4-5-9-16-12)14-13(15(19)20)10-6-2-3-7-11(10)17-14/h2-9,17H,1H3,(H,19,20). The topological polar surface area (TPSA) is 69.2 Å². The summed E-state index contributed by atoms with van der Waals surface area (Å²) in [6.45, 7) is 0. The fourth-order valence-corrected chi connectivity index (χ4v) is 2.26. The van der Waals surface area contributed by atoms with E-state index in [9.17, 15) is 9.90 Å². The summed E-state index contributed by atoms with van der Waals surface area (Å²) in [7, 11) is 1.79. The average Bonchev–Trinajstić information content (AvgIpc) is 2.86. The zero-order valence-electron chi connectivity index (χ0n) is 10.9. The molecule has 0 fully saturated rings. The molecule has 5 heteroatoms. The Hall–Kier alpha value is -2.82. The van der Waals surface area contributed by atoms with Crippen molar-refractivity contribution in [2.24, 2.45) is 0 Å². The Morgan fingerprint density at radius 3 is 2.65 bits per heavy atom. The van der Waals surface area contributed by atoms with Crippen molar-refractivity contribution in [1.29, 1.82) is 0 Å². The van der Waals surface area contributed by atoms with Gasteiger partial charge in [-0.2, -0.15) is 0 Å². The van der Waals surface area contributed by atoms with E-state index in [1.54, 1.807) is 24.2 Å². The Morgan fingerprint density at radius 1 is 1.20 bits per heavy atom. The second kappa shape index (κ2) is 4.70. The maximum absolute atomic E-state index is 11.6. The van der Waals surface area contributed by atoms with Gasteiger partial charge in [-0.1, -0.05) is 24.3 Å². The molecule has 0 bridgehead atoms. The van der Waals surface area contributed by atoms with E-state index in [0.717, 1.165) is 5.52 Å². The third kappa shape index (κ3) is 1.89. The molecule has 0 atom stereocenters. The van der Waals surface area contributed by atoms with Crippen LogP contribution < -0.4 is 4.90 Å². The molecule has 20 heavy (non-hydrogen) atoms. The van der Waals surface area contributed by atoms with Crippen molar-refractivity contribution in [2.45, 2.75) is 0 Å². The molecule has 0 spiro atoms. The average molecular weight is 267 g/mol. The van der Waals surface area contributed by atoms with E-state index in [1.807, 2.05) is 36.4 Å². The van der Waals surface area contributed by atoms with Gasteiger partial charge in [0.05, 0.1) is 0 Å². The van der Waals surface area contributed by atoms with Crippen LogP contribution in [0.25, 0.3) is 10.9 Å². The SMILES string of the molecule is CN(c1ccccn1)c1[nH]c2ccccc2c1C(=O)O. The number of para-hydroxylation sites is 1. The van der Waals surface area contributed by atoms with Crippen molar-refractivity contribution in [2.75, 3.05) is 11.9 Å². The summed E-state index contributed by atoms with van der Waals surface area (Å²) < 4.78 is 0. The van der Waals surface area contributed by atoms with Gasteiger partial charge in [0.15, 0.2) is 0 Å². The second-order valence-corrected chi connectivity index (χ2v) is 4.45. The normalized spacial score (nSPS) is 10.7. The van der Waals surface area contributed by atoms with Crippen LogP contribution in [0.2, 0.25) is 0 Å². The van der Waals surface area contributed by atoms with Gasteiger partial charge in [-0.3, -0.25) is 0 Å². The number of aromatic amines is 1. The number of pyridine rings is 1. The molecule has 0 aliphatic carbocycles. The molecule has 0 saturated heterocycles. The number of nitrogens with zero attached hydrogens (tertiary/aromatic N) is 2. The lowest BCUT2D eigenvalue weighted by Gasteiger charge is -2.17. The molecule has 2 aromatic heterocycles. The minimum Gasteiger partial charge on any atom is -0.478 e. The van der Waals surface area contributed by atoms with Crippen LogP contribution in [-0.2, 0) is 0 Å². The Kier molecular flexibility index (Phi) is 2.87. The van der Waals surface area contributed by atoms with Gasteiger partial charge in [-0.15, -0.1) is 0 Å². The third-order valence-electron chi connectivity index (χ3n) is 3.23. The number of hydrogen-bond acceptors (Lipinski definition) is 3. The van der Waals surface area contributed by atoms with E-state index >= 15 is 0 Å². The summed E-state index contributed by atoms with van der Waals surface area (Å²) in [5, 5.41) is 10.2. The van der Waals surface area contributed by atoms with Gasteiger partial charge in [-0.05, 0) is 18.2 Å². The van der Waals surface area contributed by atoms with Crippen LogP contribution in [0, 0.1) is 0 Å². The summed E-state index contributed by atoms with van der Waals surface area (Å²) in [5.41, 5.74) is 1.05. The second-order valence-electron chi connectivity index (χ2n) is 4.45. The van der Waals surface area contributed by atoms with Crippen LogP contribution in [0.15, 0.2) is 48.7 Å². The molecule has 0 radical (unpaired) electrons. The smallest absolute Gasteiger partial charge is 0.340 e. The van der Waals surface area contributed by atoms with E-state index in [4.69, 9.17) is 0 Å². The van der Waals surface area contributed by atoms with Crippen molar-refractivity contribution >= 4 is 28.5 Å². The number of hydrogen-bond donors (Lipinski definition) is 2. The van der Waals surface area contributed by atoms with Gasteiger partial charge in [0.2, 0.25) is 0 Å².